The van der Waals surface area contributed by atoms with E-state index in [1.807, 2.05) is 19.9 Å². The van der Waals surface area contributed by atoms with Crippen LogP contribution in [0.2, 0.25) is 5.02 Å². The molecule has 1 atom stereocenters. The molecule has 1 aliphatic rings. The molecular weight excluding hydrogens is 456 g/mol. The highest BCUT2D eigenvalue weighted by Crippen LogP contribution is 2.39. The van der Waals surface area contributed by atoms with Crippen LogP contribution in [0.1, 0.15) is 52.5 Å². The largest absolute Gasteiger partial charge is 0.323 e. The summed E-state index contributed by atoms with van der Waals surface area (Å²) in [5.74, 6) is -0.280. The molecule has 2 aromatic heterocycles. The average Bonchev–Trinajstić information content (AvgIpc) is 3.17. The van der Waals surface area contributed by atoms with E-state index < -0.39 is 0 Å². The summed E-state index contributed by atoms with van der Waals surface area (Å²) in [5, 5.41) is 14.5. The lowest BCUT2D eigenvalue weighted by Gasteiger charge is -2.28. The van der Waals surface area contributed by atoms with E-state index in [0.717, 1.165) is 41.6 Å². The van der Waals surface area contributed by atoms with Crippen LogP contribution < -0.4 is 5.32 Å². The fourth-order valence-electron chi connectivity index (χ4n) is 5.12. The van der Waals surface area contributed by atoms with Crippen molar-refractivity contribution in [3.63, 3.8) is 0 Å². The molecule has 0 saturated heterocycles. The molecule has 0 bridgehead atoms. The molecule has 1 amide bonds. The Balaban J connectivity index is 1.65. The summed E-state index contributed by atoms with van der Waals surface area (Å²) < 4.78 is 2.16. The number of nitrogens with zero attached hydrogens (tertiary/aromatic N) is 3. The Hall–Kier alpha value is -3.88. The van der Waals surface area contributed by atoms with Gasteiger partial charge in [0.1, 0.15) is 11.7 Å². The minimum Gasteiger partial charge on any atom is -0.323 e. The van der Waals surface area contributed by atoms with Gasteiger partial charge in [-0.15, -0.1) is 0 Å². The second-order valence-corrected chi connectivity index (χ2v) is 9.39. The predicted octanol–water partition coefficient (Wildman–Crippen LogP) is 6.76. The number of anilines is 1. The van der Waals surface area contributed by atoms with Crippen LogP contribution in [0.5, 0.6) is 0 Å². The molecular formula is C29H25ClN4O. The number of hydrogen-bond acceptors (Lipinski definition) is 3. The van der Waals surface area contributed by atoms with E-state index in [9.17, 15) is 10.1 Å². The molecule has 35 heavy (non-hydrogen) atoms. The first-order valence-electron chi connectivity index (χ1n) is 11.7. The number of pyridine rings is 1. The molecule has 6 heteroatoms. The molecule has 2 heterocycles. The molecule has 5 rings (SSSR count). The molecule has 0 aliphatic heterocycles. The van der Waals surface area contributed by atoms with Gasteiger partial charge in [0, 0.05) is 27.9 Å². The number of aryl methyl sites for hydroxylation is 3. The van der Waals surface area contributed by atoms with E-state index >= 15 is 0 Å². The lowest BCUT2D eigenvalue weighted by Crippen LogP contribution is -2.19. The summed E-state index contributed by atoms with van der Waals surface area (Å²) in [6, 6.07) is 19.9. The topological polar surface area (TPSA) is 70.7 Å². The van der Waals surface area contributed by atoms with E-state index in [1.54, 1.807) is 30.3 Å². The normalized spacial score (nSPS) is 15.2. The van der Waals surface area contributed by atoms with Gasteiger partial charge in [0.05, 0.1) is 17.3 Å². The highest BCUT2D eigenvalue weighted by molar-refractivity contribution is 6.30. The van der Waals surface area contributed by atoms with Gasteiger partial charge in [-0.05, 0) is 86.2 Å². The van der Waals surface area contributed by atoms with Crippen molar-refractivity contribution in [2.75, 3.05) is 5.32 Å². The zero-order chi connectivity index (χ0) is 24.5. The molecule has 0 unspecified atom stereocenters. The quantitative estimate of drug-likeness (QED) is 0.328. The second kappa shape index (κ2) is 9.40. The number of fused-ring (bicyclic) bond motifs is 2. The molecule has 0 spiro atoms. The van der Waals surface area contributed by atoms with Crippen molar-refractivity contribution in [1.29, 1.82) is 5.26 Å². The summed E-state index contributed by atoms with van der Waals surface area (Å²) in [6.45, 7) is 3.98. The van der Waals surface area contributed by atoms with E-state index in [4.69, 9.17) is 16.6 Å². The van der Waals surface area contributed by atoms with Crippen molar-refractivity contribution >= 4 is 40.3 Å². The van der Waals surface area contributed by atoms with Crippen molar-refractivity contribution in [2.24, 2.45) is 0 Å². The van der Waals surface area contributed by atoms with Crippen molar-refractivity contribution in [3.05, 3.63) is 99.3 Å². The number of benzene rings is 2. The standard InChI is InChI=1S/C29H25ClN4O/c1-18-16-19(2)32-29-28(18)24(17-31)26(14-15-27(35)33-22-12-10-21(30)11-13-22)34(29)25-9-5-7-20-6-3-4-8-23(20)25/h3-4,6,8,10-16,25H,5,7,9H2,1-2H3,(H,33,35)/b15-14+/t25-/m0/s1. The summed E-state index contributed by atoms with van der Waals surface area (Å²) >= 11 is 5.95. The molecule has 1 N–H and O–H groups in total. The van der Waals surface area contributed by atoms with Gasteiger partial charge in [0.25, 0.3) is 0 Å². The Labute approximate surface area is 209 Å². The fraction of sp³-hybridized carbons (Fsp3) is 0.207. The molecule has 2 aromatic carbocycles. The highest BCUT2D eigenvalue weighted by atomic mass is 35.5. The second-order valence-electron chi connectivity index (χ2n) is 8.96. The first-order valence-corrected chi connectivity index (χ1v) is 12.1. The van der Waals surface area contributed by atoms with Gasteiger partial charge in [-0.2, -0.15) is 5.26 Å². The zero-order valence-electron chi connectivity index (χ0n) is 19.7. The highest BCUT2D eigenvalue weighted by Gasteiger charge is 2.28. The Morgan fingerprint density at radius 3 is 2.74 bits per heavy atom. The van der Waals surface area contributed by atoms with Crippen LogP contribution in [0.4, 0.5) is 5.69 Å². The summed E-state index contributed by atoms with van der Waals surface area (Å²) in [6.07, 6.45) is 6.26. The summed E-state index contributed by atoms with van der Waals surface area (Å²) in [7, 11) is 0. The Kier molecular flexibility index (Phi) is 6.15. The fourth-order valence-corrected chi connectivity index (χ4v) is 5.25. The summed E-state index contributed by atoms with van der Waals surface area (Å²) in [4.78, 5) is 17.6. The number of amides is 1. The van der Waals surface area contributed by atoms with Crippen LogP contribution in [0.25, 0.3) is 17.1 Å². The van der Waals surface area contributed by atoms with Gasteiger partial charge in [0.15, 0.2) is 0 Å². The molecule has 0 saturated carbocycles. The predicted molar refractivity (Wildman–Crippen MR) is 141 cm³/mol. The van der Waals surface area contributed by atoms with E-state index in [2.05, 4.69) is 40.2 Å². The molecule has 0 radical (unpaired) electrons. The third-order valence-electron chi connectivity index (χ3n) is 6.59. The van der Waals surface area contributed by atoms with Crippen LogP contribution in [0.3, 0.4) is 0 Å². The van der Waals surface area contributed by atoms with Crippen molar-refractivity contribution in [1.82, 2.24) is 9.55 Å². The van der Waals surface area contributed by atoms with Crippen LogP contribution in [0, 0.1) is 25.2 Å². The van der Waals surface area contributed by atoms with Gasteiger partial charge >= 0.3 is 0 Å². The number of carbonyl (C=O) groups is 1. The Bertz CT molecular complexity index is 1510. The molecule has 174 valence electrons. The lowest BCUT2D eigenvalue weighted by atomic mass is 9.87. The molecule has 4 aromatic rings. The average molecular weight is 481 g/mol. The number of hydrogen-bond donors (Lipinski definition) is 1. The minimum atomic E-state index is -0.280. The van der Waals surface area contributed by atoms with E-state index in [-0.39, 0.29) is 11.9 Å². The maximum Gasteiger partial charge on any atom is 0.248 e. The van der Waals surface area contributed by atoms with Gasteiger partial charge < -0.3 is 9.88 Å². The number of aromatic nitrogens is 2. The van der Waals surface area contributed by atoms with Crippen molar-refractivity contribution in [2.45, 2.75) is 39.2 Å². The Morgan fingerprint density at radius 1 is 1.20 bits per heavy atom. The van der Waals surface area contributed by atoms with E-state index in [0.29, 0.717) is 22.0 Å². The molecule has 5 nitrogen and oxygen atoms in total. The third-order valence-corrected chi connectivity index (χ3v) is 6.84. The van der Waals surface area contributed by atoms with E-state index in [1.165, 1.54) is 17.2 Å². The molecule has 0 fully saturated rings. The van der Waals surface area contributed by atoms with Crippen molar-refractivity contribution < 1.29 is 4.79 Å². The number of nitrogens with one attached hydrogen (secondary N) is 1. The SMILES string of the molecule is Cc1cc(C)c2c(C#N)c(/C=C/C(=O)Nc3ccc(Cl)cc3)n([C@H]3CCCc4ccccc43)c2n1. The number of rotatable bonds is 4. The third kappa shape index (κ3) is 4.34. The van der Waals surface area contributed by atoms with Gasteiger partial charge in [-0.1, -0.05) is 35.9 Å². The number of halogens is 1. The maximum atomic E-state index is 12.8. The van der Waals surface area contributed by atoms with Crippen LogP contribution in [-0.4, -0.2) is 15.5 Å². The minimum absolute atomic E-state index is 0.0391. The first-order chi connectivity index (χ1) is 17.0. The smallest absolute Gasteiger partial charge is 0.248 e. The van der Waals surface area contributed by atoms with Crippen LogP contribution >= 0.6 is 11.6 Å². The zero-order valence-corrected chi connectivity index (χ0v) is 20.4. The number of carbonyl (C=O) groups excluding carboxylic acids is 1. The summed E-state index contributed by atoms with van der Waals surface area (Å²) in [5.41, 5.74) is 7.17. The van der Waals surface area contributed by atoms with Gasteiger partial charge in [-0.25, -0.2) is 4.98 Å². The van der Waals surface area contributed by atoms with Crippen LogP contribution in [-0.2, 0) is 11.2 Å². The maximum absolute atomic E-state index is 12.8. The molecule has 1 aliphatic carbocycles. The van der Waals surface area contributed by atoms with Crippen LogP contribution in [0.15, 0.2) is 60.7 Å². The van der Waals surface area contributed by atoms with Crippen molar-refractivity contribution in [3.8, 4) is 6.07 Å². The number of nitriles is 1. The first kappa shape index (κ1) is 22.9. The van der Waals surface area contributed by atoms with Gasteiger partial charge in [0.2, 0.25) is 5.91 Å². The lowest BCUT2D eigenvalue weighted by molar-refractivity contribution is -0.111. The Morgan fingerprint density at radius 2 is 1.97 bits per heavy atom. The van der Waals surface area contributed by atoms with Gasteiger partial charge in [-0.3, -0.25) is 4.79 Å². The monoisotopic (exact) mass is 480 g/mol.